The first kappa shape index (κ1) is 14.8. The van der Waals surface area contributed by atoms with Crippen molar-refractivity contribution in [3.8, 4) is 0 Å². The summed E-state index contributed by atoms with van der Waals surface area (Å²) in [6.07, 6.45) is 0.386. The average Bonchev–Trinajstić information content (AvgIpc) is 2.82. The topological polar surface area (TPSA) is 92.9 Å². The molecule has 0 spiro atoms. The van der Waals surface area contributed by atoms with E-state index in [9.17, 15) is 18.0 Å². The lowest BCUT2D eigenvalue weighted by Crippen LogP contribution is -2.20. The Bertz CT molecular complexity index is 624. The van der Waals surface area contributed by atoms with Gasteiger partial charge in [0.1, 0.15) is 18.2 Å². The third-order valence-electron chi connectivity index (χ3n) is 2.45. The van der Waals surface area contributed by atoms with E-state index in [0.29, 0.717) is 0 Å². The molecular weight excluding hydrogens is 291 g/mol. The molecule has 2 rings (SSSR count). The van der Waals surface area contributed by atoms with Gasteiger partial charge in [0.15, 0.2) is 5.69 Å². The van der Waals surface area contributed by atoms with Gasteiger partial charge < -0.3 is 15.0 Å². The molecule has 2 heterocycles. The predicted octanol–water partition coefficient (Wildman–Crippen LogP) is 1.55. The number of carbonyl (C=O) groups is 1. The molecular formula is C11H10F3N5O2. The smallest absolute Gasteiger partial charge is 0.406 e. The van der Waals surface area contributed by atoms with Crippen LogP contribution in [0.2, 0.25) is 0 Å². The Morgan fingerprint density at radius 3 is 2.62 bits per heavy atom. The second kappa shape index (κ2) is 5.77. The fraction of sp³-hybridized carbons (Fsp3) is 0.273. The molecule has 0 amide bonds. The average molecular weight is 301 g/mol. The third-order valence-corrected chi connectivity index (χ3v) is 2.45. The van der Waals surface area contributed by atoms with Gasteiger partial charge in [-0.3, -0.25) is 0 Å². The second-order valence-electron chi connectivity index (χ2n) is 4.03. The number of anilines is 1. The van der Waals surface area contributed by atoms with Crippen LogP contribution in [0.1, 0.15) is 16.3 Å². The quantitative estimate of drug-likeness (QED) is 0.870. The Balaban J connectivity index is 2.00. The van der Waals surface area contributed by atoms with Gasteiger partial charge in [-0.15, -0.1) is 0 Å². The number of imidazole rings is 1. The number of hydrogen-bond donors (Lipinski definition) is 2. The number of halogens is 3. The van der Waals surface area contributed by atoms with Crippen LogP contribution in [-0.4, -0.2) is 36.8 Å². The molecule has 21 heavy (non-hydrogen) atoms. The van der Waals surface area contributed by atoms with Crippen LogP contribution in [0, 0.1) is 0 Å². The lowest BCUT2D eigenvalue weighted by molar-refractivity contribution is -0.141. The Hall–Kier alpha value is -2.65. The summed E-state index contributed by atoms with van der Waals surface area (Å²) in [4.78, 5) is 21.8. The number of aromatic carboxylic acids is 1. The first-order valence-electron chi connectivity index (χ1n) is 5.71. The molecule has 0 aliphatic rings. The second-order valence-corrected chi connectivity index (χ2v) is 4.03. The van der Waals surface area contributed by atoms with Crippen LogP contribution in [0.3, 0.4) is 0 Å². The van der Waals surface area contributed by atoms with Crippen LogP contribution >= 0.6 is 0 Å². The summed E-state index contributed by atoms with van der Waals surface area (Å²) < 4.78 is 38.0. The maximum atomic E-state index is 12.3. The minimum Gasteiger partial charge on any atom is -0.476 e. The lowest BCUT2D eigenvalue weighted by atomic mass is 10.4. The van der Waals surface area contributed by atoms with E-state index in [-0.39, 0.29) is 23.9 Å². The molecule has 2 N–H and O–H groups in total. The fourth-order valence-corrected chi connectivity index (χ4v) is 1.54. The van der Waals surface area contributed by atoms with Crippen molar-refractivity contribution in [1.82, 2.24) is 19.5 Å². The lowest BCUT2D eigenvalue weighted by Gasteiger charge is -2.11. The highest BCUT2D eigenvalue weighted by Gasteiger charge is 2.28. The maximum absolute atomic E-state index is 12.3. The van der Waals surface area contributed by atoms with Gasteiger partial charge in [0.25, 0.3) is 0 Å². The Morgan fingerprint density at radius 2 is 2.05 bits per heavy atom. The van der Waals surface area contributed by atoms with Gasteiger partial charge >= 0.3 is 12.1 Å². The molecule has 0 saturated carbocycles. The normalized spacial score (nSPS) is 11.4. The number of hydrogen-bond acceptors (Lipinski definition) is 5. The zero-order valence-electron chi connectivity index (χ0n) is 10.5. The molecule has 0 aliphatic heterocycles. The summed E-state index contributed by atoms with van der Waals surface area (Å²) in [5.74, 6) is -0.798. The van der Waals surface area contributed by atoms with Crippen LogP contribution in [0.5, 0.6) is 0 Å². The summed E-state index contributed by atoms with van der Waals surface area (Å²) in [6.45, 7) is -1.13. The van der Waals surface area contributed by atoms with Crippen molar-refractivity contribution in [3.05, 3.63) is 36.3 Å². The van der Waals surface area contributed by atoms with Gasteiger partial charge in [-0.2, -0.15) is 13.2 Å². The Labute approximate surface area is 116 Å². The first-order chi connectivity index (χ1) is 9.85. The van der Waals surface area contributed by atoms with Gasteiger partial charge in [0, 0.05) is 12.4 Å². The van der Waals surface area contributed by atoms with Crippen LogP contribution in [0.4, 0.5) is 19.0 Å². The molecule has 112 valence electrons. The van der Waals surface area contributed by atoms with Crippen LogP contribution < -0.4 is 5.32 Å². The van der Waals surface area contributed by atoms with Crippen molar-refractivity contribution >= 4 is 11.8 Å². The fourth-order valence-electron chi connectivity index (χ4n) is 1.54. The molecule has 0 aromatic carbocycles. The van der Waals surface area contributed by atoms with Crippen molar-refractivity contribution in [2.24, 2.45) is 0 Å². The minimum absolute atomic E-state index is 0.00414. The van der Waals surface area contributed by atoms with Gasteiger partial charge in [-0.1, -0.05) is 0 Å². The van der Waals surface area contributed by atoms with Crippen LogP contribution in [0.25, 0.3) is 0 Å². The SMILES string of the molecule is O=C(O)c1cnc(NCc2nccn2CC(F)(F)F)cn1. The number of aromatic nitrogens is 4. The van der Waals surface area contributed by atoms with Crippen molar-refractivity contribution in [3.63, 3.8) is 0 Å². The number of alkyl halides is 3. The predicted molar refractivity (Wildman–Crippen MR) is 64.6 cm³/mol. The summed E-state index contributed by atoms with van der Waals surface area (Å²) in [5.41, 5.74) is -0.223. The molecule has 2 aromatic heterocycles. The highest BCUT2D eigenvalue weighted by atomic mass is 19.4. The van der Waals surface area contributed by atoms with E-state index in [1.807, 2.05) is 0 Å². The van der Waals surface area contributed by atoms with Crippen molar-refractivity contribution < 1.29 is 23.1 Å². The third kappa shape index (κ3) is 4.16. The molecule has 2 aromatic rings. The van der Waals surface area contributed by atoms with Gasteiger partial charge in [0.05, 0.1) is 18.9 Å². The van der Waals surface area contributed by atoms with Crippen LogP contribution in [-0.2, 0) is 13.1 Å². The van der Waals surface area contributed by atoms with Crippen LogP contribution in [0.15, 0.2) is 24.8 Å². The Morgan fingerprint density at radius 1 is 1.29 bits per heavy atom. The molecule has 10 heteroatoms. The zero-order valence-corrected chi connectivity index (χ0v) is 10.5. The zero-order chi connectivity index (χ0) is 15.5. The van der Waals surface area contributed by atoms with Crippen molar-refractivity contribution in [2.45, 2.75) is 19.3 Å². The molecule has 0 unspecified atom stereocenters. The summed E-state index contributed by atoms with van der Waals surface area (Å²) in [5, 5.41) is 11.4. The maximum Gasteiger partial charge on any atom is 0.406 e. The highest BCUT2D eigenvalue weighted by Crippen LogP contribution is 2.18. The number of carboxylic acids is 1. The van der Waals surface area contributed by atoms with Gasteiger partial charge in [-0.25, -0.2) is 19.7 Å². The minimum atomic E-state index is -4.33. The highest BCUT2D eigenvalue weighted by molar-refractivity contribution is 5.84. The first-order valence-corrected chi connectivity index (χ1v) is 5.71. The van der Waals surface area contributed by atoms with E-state index >= 15 is 0 Å². The molecule has 0 fully saturated rings. The molecule has 0 atom stereocenters. The van der Waals surface area contributed by atoms with Gasteiger partial charge in [-0.05, 0) is 0 Å². The number of nitrogens with zero attached hydrogens (tertiary/aromatic N) is 4. The Kier molecular flexibility index (Phi) is 4.05. The van der Waals surface area contributed by atoms with Crippen molar-refractivity contribution in [1.29, 1.82) is 0 Å². The van der Waals surface area contributed by atoms with E-state index in [2.05, 4.69) is 20.3 Å². The van der Waals surface area contributed by atoms with Gasteiger partial charge in [0.2, 0.25) is 0 Å². The number of rotatable bonds is 5. The van der Waals surface area contributed by atoms with E-state index in [1.165, 1.54) is 18.6 Å². The number of carboxylic acid groups (broad SMARTS) is 1. The molecule has 0 radical (unpaired) electrons. The number of nitrogens with one attached hydrogen (secondary N) is 1. The summed E-state index contributed by atoms with van der Waals surface area (Å²) in [7, 11) is 0. The molecule has 0 saturated heterocycles. The van der Waals surface area contributed by atoms with E-state index in [0.717, 1.165) is 10.8 Å². The van der Waals surface area contributed by atoms with E-state index in [1.54, 1.807) is 0 Å². The monoisotopic (exact) mass is 301 g/mol. The largest absolute Gasteiger partial charge is 0.476 e. The summed E-state index contributed by atoms with van der Waals surface area (Å²) >= 11 is 0. The standard InChI is InChI=1S/C11H10F3N5O2/c12-11(13,14)6-19-2-1-15-9(19)5-18-8-4-16-7(3-17-8)10(20)21/h1-4H,5-6H2,(H,17,18)(H,20,21). The van der Waals surface area contributed by atoms with Crippen molar-refractivity contribution in [2.75, 3.05) is 5.32 Å². The van der Waals surface area contributed by atoms with E-state index < -0.39 is 18.7 Å². The summed E-state index contributed by atoms with van der Waals surface area (Å²) in [6, 6.07) is 0. The van der Waals surface area contributed by atoms with E-state index in [4.69, 9.17) is 5.11 Å². The molecule has 0 aliphatic carbocycles. The molecule has 0 bridgehead atoms. The molecule has 7 nitrogen and oxygen atoms in total.